The second-order valence-electron chi connectivity index (χ2n) is 7.06. The number of nitrogens with two attached hydrogens (primary N) is 2. The molecule has 1 aliphatic rings. The van der Waals surface area contributed by atoms with Gasteiger partial charge in [-0.1, -0.05) is 11.6 Å². The van der Waals surface area contributed by atoms with Gasteiger partial charge in [0, 0.05) is 24.8 Å². The lowest BCUT2D eigenvalue weighted by molar-refractivity contribution is 0.315. The lowest BCUT2D eigenvalue weighted by Crippen LogP contribution is -2.48. The summed E-state index contributed by atoms with van der Waals surface area (Å²) in [6, 6.07) is 1.27. The summed E-state index contributed by atoms with van der Waals surface area (Å²) in [6.45, 7) is 3.34. The van der Waals surface area contributed by atoms with E-state index in [2.05, 4.69) is 20.3 Å². The van der Waals surface area contributed by atoms with E-state index in [0.717, 1.165) is 12.8 Å². The number of hydrogen-bond acceptors (Lipinski definition) is 10. The van der Waals surface area contributed by atoms with Crippen LogP contribution in [0.4, 0.5) is 11.6 Å². The van der Waals surface area contributed by atoms with Gasteiger partial charge in [-0.3, -0.25) is 0 Å². The molecule has 0 saturated carbocycles. The first-order valence-corrected chi connectivity index (χ1v) is 10.4. The van der Waals surface area contributed by atoms with Crippen molar-refractivity contribution in [1.82, 2.24) is 20.3 Å². The van der Waals surface area contributed by atoms with Crippen LogP contribution in [-0.2, 0) is 9.84 Å². The number of sulfone groups is 1. The van der Waals surface area contributed by atoms with Gasteiger partial charge in [0.1, 0.15) is 15.7 Å². The molecular weight excluding hydrogens is 406 g/mol. The molecule has 4 rings (SSSR count). The number of aromatic nitrogens is 4. The van der Waals surface area contributed by atoms with Gasteiger partial charge in [0.15, 0.2) is 16.9 Å². The summed E-state index contributed by atoms with van der Waals surface area (Å²) in [5.74, 6) is 0.422. The number of pyridine rings is 2. The second kappa shape index (κ2) is 6.54. The first kappa shape index (κ1) is 18.8. The fourth-order valence-electron chi connectivity index (χ4n) is 3.16. The number of hydrogen-bond donors (Lipinski definition) is 2. The molecule has 0 unspecified atom stereocenters. The molecule has 0 bridgehead atoms. The summed E-state index contributed by atoms with van der Waals surface area (Å²) in [5, 5.41) is 7.52. The van der Waals surface area contributed by atoms with E-state index < -0.39 is 9.84 Å². The molecule has 3 aromatic heterocycles. The van der Waals surface area contributed by atoms with Crippen LogP contribution in [0.5, 0.6) is 0 Å². The standard InChI is InChI=1S/C16H18ClN7O3S/c1-16(19)3-6-24(7-4-16)15-13-12(22-27-23-13)10(8-21-15)28(25,26)9-2-5-20-14(18)11(9)17/h2,5,8H,3-4,6-7,19H2,1H3,(H2,18,20). The third kappa shape index (κ3) is 3.05. The number of fused-ring (bicyclic) bond motifs is 1. The van der Waals surface area contributed by atoms with E-state index in [1.165, 1.54) is 18.5 Å². The molecule has 4 N–H and O–H groups in total. The molecule has 1 aliphatic heterocycles. The third-order valence-electron chi connectivity index (χ3n) is 4.90. The normalized spacial score (nSPS) is 17.2. The zero-order valence-electron chi connectivity index (χ0n) is 15.0. The average molecular weight is 424 g/mol. The maximum absolute atomic E-state index is 13.1. The molecule has 148 valence electrons. The molecule has 0 amide bonds. The molecule has 0 radical (unpaired) electrons. The quantitative estimate of drug-likeness (QED) is 0.631. The van der Waals surface area contributed by atoms with Crippen molar-refractivity contribution < 1.29 is 13.0 Å². The van der Waals surface area contributed by atoms with E-state index >= 15 is 0 Å². The Morgan fingerprint density at radius 3 is 2.57 bits per heavy atom. The molecular formula is C16H18ClN7O3S. The Morgan fingerprint density at radius 1 is 1.18 bits per heavy atom. The van der Waals surface area contributed by atoms with Gasteiger partial charge in [-0.2, -0.15) is 0 Å². The summed E-state index contributed by atoms with van der Waals surface area (Å²) in [6.07, 6.45) is 4.05. The summed E-state index contributed by atoms with van der Waals surface area (Å²) in [5.41, 5.74) is 11.9. The molecule has 0 atom stereocenters. The summed E-state index contributed by atoms with van der Waals surface area (Å²) < 4.78 is 31.1. The predicted octanol–water partition coefficient (Wildman–Crippen LogP) is 1.40. The Bertz CT molecular complexity index is 1150. The Hall–Kier alpha value is -2.50. The molecule has 1 saturated heterocycles. The highest BCUT2D eigenvalue weighted by Gasteiger charge is 2.32. The molecule has 0 spiro atoms. The number of anilines is 2. The van der Waals surface area contributed by atoms with Crippen LogP contribution < -0.4 is 16.4 Å². The van der Waals surface area contributed by atoms with Crippen LogP contribution in [0.2, 0.25) is 5.02 Å². The molecule has 12 heteroatoms. The van der Waals surface area contributed by atoms with Crippen molar-refractivity contribution in [2.45, 2.75) is 35.1 Å². The van der Waals surface area contributed by atoms with Crippen molar-refractivity contribution >= 4 is 44.1 Å². The number of nitrogen functional groups attached to an aromatic ring is 1. The topological polar surface area (TPSA) is 154 Å². The molecule has 4 heterocycles. The van der Waals surface area contributed by atoms with Gasteiger partial charge in [0.2, 0.25) is 9.84 Å². The van der Waals surface area contributed by atoms with Crippen molar-refractivity contribution in [2.75, 3.05) is 23.7 Å². The number of rotatable bonds is 3. The van der Waals surface area contributed by atoms with Crippen molar-refractivity contribution in [1.29, 1.82) is 0 Å². The number of piperidine rings is 1. The minimum Gasteiger partial charge on any atom is -0.382 e. The molecule has 0 aromatic carbocycles. The summed E-state index contributed by atoms with van der Waals surface area (Å²) in [4.78, 5) is 9.78. The maximum Gasteiger partial charge on any atom is 0.212 e. The first-order chi connectivity index (χ1) is 13.2. The van der Waals surface area contributed by atoms with Crippen molar-refractivity contribution in [3.05, 3.63) is 23.5 Å². The lowest BCUT2D eigenvalue weighted by atomic mass is 9.91. The lowest BCUT2D eigenvalue weighted by Gasteiger charge is -2.37. The van der Waals surface area contributed by atoms with Gasteiger partial charge in [0.25, 0.3) is 0 Å². The SMILES string of the molecule is CC1(N)CCN(c2ncc(S(=O)(=O)c3ccnc(N)c3Cl)c3nonc23)CC1. The van der Waals surface area contributed by atoms with Gasteiger partial charge in [-0.15, -0.1) is 0 Å². The van der Waals surface area contributed by atoms with Crippen LogP contribution >= 0.6 is 11.6 Å². The average Bonchev–Trinajstić information content (AvgIpc) is 3.13. The summed E-state index contributed by atoms with van der Waals surface area (Å²) in [7, 11) is -4.07. The Balaban J connectivity index is 1.81. The van der Waals surface area contributed by atoms with Gasteiger partial charge in [0.05, 0.1) is 11.1 Å². The van der Waals surface area contributed by atoms with E-state index in [4.69, 9.17) is 27.7 Å². The van der Waals surface area contributed by atoms with Gasteiger partial charge in [-0.25, -0.2) is 23.0 Å². The van der Waals surface area contributed by atoms with Crippen LogP contribution in [0, 0.1) is 0 Å². The Labute approximate surface area is 165 Å². The molecule has 10 nitrogen and oxygen atoms in total. The van der Waals surface area contributed by atoms with Crippen molar-refractivity contribution in [3.8, 4) is 0 Å². The van der Waals surface area contributed by atoms with Crippen LogP contribution in [0.1, 0.15) is 19.8 Å². The maximum atomic E-state index is 13.1. The minimum absolute atomic E-state index is 0.0811. The van der Waals surface area contributed by atoms with Crippen molar-refractivity contribution in [2.24, 2.45) is 5.73 Å². The Kier molecular flexibility index (Phi) is 4.40. The fourth-order valence-corrected chi connectivity index (χ4v) is 4.98. The van der Waals surface area contributed by atoms with E-state index in [1.807, 2.05) is 11.8 Å². The van der Waals surface area contributed by atoms with Gasteiger partial charge in [-0.05, 0) is 36.1 Å². The van der Waals surface area contributed by atoms with E-state index in [0.29, 0.717) is 18.9 Å². The van der Waals surface area contributed by atoms with Crippen LogP contribution in [-0.4, -0.2) is 47.3 Å². The second-order valence-corrected chi connectivity index (χ2v) is 9.32. The molecule has 0 aliphatic carbocycles. The monoisotopic (exact) mass is 423 g/mol. The highest BCUT2D eigenvalue weighted by molar-refractivity contribution is 7.91. The van der Waals surface area contributed by atoms with Gasteiger partial charge >= 0.3 is 0 Å². The van der Waals surface area contributed by atoms with Crippen LogP contribution in [0.25, 0.3) is 11.0 Å². The molecule has 1 fully saturated rings. The smallest absolute Gasteiger partial charge is 0.212 e. The van der Waals surface area contributed by atoms with Crippen molar-refractivity contribution in [3.63, 3.8) is 0 Å². The van der Waals surface area contributed by atoms with Crippen LogP contribution in [0.3, 0.4) is 0 Å². The molecule has 28 heavy (non-hydrogen) atoms. The first-order valence-electron chi connectivity index (χ1n) is 8.51. The highest BCUT2D eigenvalue weighted by Crippen LogP contribution is 2.35. The largest absolute Gasteiger partial charge is 0.382 e. The minimum atomic E-state index is -4.07. The van der Waals surface area contributed by atoms with E-state index in [1.54, 1.807) is 0 Å². The fraction of sp³-hybridized carbons (Fsp3) is 0.375. The zero-order chi connectivity index (χ0) is 20.1. The summed E-state index contributed by atoms with van der Waals surface area (Å²) >= 11 is 6.07. The van der Waals surface area contributed by atoms with Gasteiger partial charge < -0.3 is 16.4 Å². The van der Waals surface area contributed by atoms with E-state index in [9.17, 15) is 8.42 Å². The van der Waals surface area contributed by atoms with Crippen LogP contribution in [0.15, 0.2) is 32.9 Å². The predicted molar refractivity (Wildman–Crippen MR) is 103 cm³/mol. The number of halogens is 1. The Morgan fingerprint density at radius 2 is 1.86 bits per heavy atom. The highest BCUT2D eigenvalue weighted by atomic mass is 35.5. The zero-order valence-corrected chi connectivity index (χ0v) is 16.5. The number of nitrogens with zero attached hydrogens (tertiary/aromatic N) is 5. The molecule has 3 aromatic rings. The third-order valence-corrected chi connectivity index (χ3v) is 7.21. The van der Waals surface area contributed by atoms with E-state index in [-0.39, 0.29) is 37.2 Å².